The van der Waals surface area contributed by atoms with E-state index in [1.165, 1.54) is 0 Å². The molecule has 1 heterocycles. The van der Waals surface area contributed by atoms with Crippen LogP contribution in [-0.2, 0) is 0 Å². The Balaban J connectivity index is 2.46. The van der Waals surface area contributed by atoms with Gasteiger partial charge in [0.15, 0.2) is 0 Å². The molecule has 0 aliphatic heterocycles. The van der Waals surface area contributed by atoms with Crippen LogP contribution in [0, 0.1) is 0 Å². The molecular weight excluding hydrogens is 222 g/mol. The first kappa shape index (κ1) is 12.7. The van der Waals surface area contributed by atoms with Crippen molar-refractivity contribution in [1.29, 1.82) is 0 Å². The van der Waals surface area contributed by atoms with E-state index in [0.717, 1.165) is 48.1 Å². The fraction of sp³-hybridized carbons (Fsp3) is 0.400. The fourth-order valence-corrected chi connectivity index (χ4v) is 2.35. The Hall–Kier alpha value is -1.77. The number of aromatic nitrogens is 1. The van der Waals surface area contributed by atoms with E-state index in [9.17, 15) is 0 Å². The van der Waals surface area contributed by atoms with Gasteiger partial charge in [-0.25, -0.2) is 0 Å². The zero-order valence-electron chi connectivity index (χ0n) is 11.2. The number of hydrogen-bond acceptors (Lipinski definition) is 3. The molecule has 0 aliphatic carbocycles. The van der Waals surface area contributed by atoms with E-state index in [1.807, 2.05) is 12.3 Å². The summed E-state index contributed by atoms with van der Waals surface area (Å²) in [6.07, 6.45) is 5.92. The van der Waals surface area contributed by atoms with Crippen LogP contribution in [0.3, 0.4) is 0 Å². The molecule has 18 heavy (non-hydrogen) atoms. The van der Waals surface area contributed by atoms with E-state index in [0.29, 0.717) is 0 Å². The van der Waals surface area contributed by atoms with Crippen molar-refractivity contribution < 1.29 is 0 Å². The summed E-state index contributed by atoms with van der Waals surface area (Å²) in [4.78, 5) is 6.50. The molecule has 96 valence electrons. The molecule has 0 atom stereocenters. The van der Waals surface area contributed by atoms with Gasteiger partial charge in [-0.2, -0.15) is 0 Å². The van der Waals surface area contributed by atoms with E-state index in [-0.39, 0.29) is 0 Å². The highest BCUT2D eigenvalue weighted by Crippen LogP contribution is 2.31. The van der Waals surface area contributed by atoms with Crippen LogP contribution in [0.2, 0.25) is 0 Å². The molecule has 0 amide bonds. The minimum atomic E-state index is 0.872. The average Bonchev–Trinajstić information content (AvgIpc) is 2.39. The largest absolute Gasteiger partial charge is 0.397 e. The maximum atomic E-state index is 6.31. The monoisotopic (exact) mass is 243 g/mol. The molecular formula is C15H21N3. The lowest BCUT2D eigenvalue weighted by Gasteiger charge is -2.25. The molecule has 0 saturated heterocycles. The van der Waals surface area contributed by atoms with E-state index < -0.39 is 0 Å². The Bertz CT molecular complexity index is 516. The van der Waals surface area contributed by atoms with Crippen molar-refractivity contribution in [1.82, 2.24) is 4.98 Å². The average molecular weight is 243 g/mol. The molecule has 0 unspecified atom stereocenters. The van der Waals surface area contributed by atoms with Crippen LogP contribution in [0.4, 0.5) is 11.4 Å². The second-order valence-corrected chi connectivity index (χ2v) is 4.58. The second kappa shape index (κ2) is 5.71. The summed E-state index contributed by atoms with van der Waals surface area (Å²) in [5.74, 6) is 0. The Labute approximate surface area is 109 Å². The summed E-state index contributed by atoms with van der Waals surface area (Å²) < 4.78 is 0. The zero-order chi connectivity index (χ0) is 13.0. The maximum Gasteiger partial charge on any atom is 0.0632 e. The van der Waals surface area contributed by atoms with Crippen LogP contribution in [0.15, 0.2) is 30.6 Å². The highest BCUT2D eigenvalue weighted by atomic mass is 15.1. The molecule has 1 aromatic carbocycles. The Morgan fingerprint density at radius 3 is 2.50 bits per heavy atom. The van der Waals surface area contributed by atoms with Gasteiger partial charge in [0.2, 0.25) is 0 Å². The molecule has 1 aromatic heterocycles. The maximum absolute atomic E-state index is 6.31. The van der Waals surface area contributed by atoms with Crippen molar-refractivity contribution in [3.63, 3.8) is 0 Å². The van der Waals surface area contributed by atoms with Crippen molar-refractivity contribution in [2.75, 3.05) is 23.7 Å². The van der Waals surface area contributed by atoms with Crippen molar-refractivity contribution >= 4 is 22.1 Å². The molecule has 2 N–H and O–H groups in total. The highest BCUT2D eigenvalue weighted by Gasteiger charge is 2.10. The van der Waals surface area contributed by atoms with Crippen LogP contribution < -0.4 is 10.6 Å². The molecule has 0 bridgehead atoms. The van der Waals surface area contributed by atoms with Gasteiger partial charge in [0.25, 0.3) is 0 Å². The number of hydrogen-bond donors (Lipinski definition) is 1. The number of anilines is 2. The summed E-state index contributed by atoms with van der Waals surface area (Å²) in [6, 6.07) is 6.21. The standard InChI is InChI=1S/C15H21N3/c1-3-9-18(10-4-2)14-6-5-12-11-17-8-7-13(12)15(14)16/h5-8,11H,3-4,9-10,16H2,1-2H3. The van der Waals surface area contributed by atoms with E-state index >= 15 is 0 Å². The smallest absolute Gasteiger partial charge is 0.0632 e. The van der Waals surface area contributed by atoms with Gasteiger partial charge < -0.3 is 10.6 Å². The fourth-order valence-electron chi connectivity index (χ4n) is 2.35. The molecule has 2 rings (SSSR count). The van der Waals surface area contributed by atoms with Crippen LogP contribution in [0.25, 0.3) is 10.8 Å². The van der Waals surface area contributed by atoms with Gasteiger partial charge in [0, 0.05) is 36.3 Å². The summed E-state index contributed by atoms with van der Waals surface area (Å²) in [7, 11) is 0. The second-order valence-electron chi connectivity index (χ2n) is 4.58. The third-order valence-corrected chi connectivity index (χ3v) is 3.17. The first-order valence-corrected chi connectivity index (χ1v) is 6.65. The number of benzene rings is 1. The molecule has 0 aliphatic rings. The topological polar surface area (TPSA) is 42.2 Å². The summed E-state index contributed by atoms with van der Waals surface area (Å²) in [5.41, 5.74) is 8.33. The van der Waals surface area contributed by atoms with Gasteiger partial charge in [-0.3, -0.25) is 4.98 Å². The van der Waals surface area contributed by atoms with E-state index in [2.05, 4.69) is 35.9 Å². The number of pyridine rings is 1. The predicted molar refractivity (Wildman–Crippen MR) is 79.0 cm³/mol. The lowest BCUT2D eigenvalue weighted by atomic mass is 10.1. The van der Waals surface area contributed by atoms with Crippen LogP contribution in [-0.4, -0.2) is 18.1 Å². The van der Waals surface area contributed by atoms with Gasteiger partial charge in [0.1, 0.15) is 0 Å². The van der Waals surface area contributed by atoms with Gasteiger partial charge in [-0.15, -0.1) is 0 Å². The summed E-state index contributed by atoms with van der Waals surface area (Å²) in [6.45, 7) is 6.50. The molecule has 0 fully saturated rings. The van der Waals surface area contributed by atoms with Gasteiger partial charge in [-0.05, 0) is 25.0 Å². The third kappa shape index (κ3) is 2.40. The lowest BCUT2D eigenvalue weighted by molar-refractivity contribution is 0.746. The zero-order valence-corrected chi connectivity index (χ0v) is 11.2. The molecule has 0 saturated carbocycles. The lowest BCUT2D eigenvalue weighted by Crippen LogP contribution is -2.25. The molecule has 2 aromatic rings. The Kier molecular flexibility index (Phi) is 4.03. The molecule has 0 radical (unpaired) electrons. The van der Waals surface area contributed by atoms with Crippen LogP contribution in [0.5, 0.6) is 0 Å². The molecule has 3 heteroatoms. The number of nitrogens with zero attached hydrogens (tertiary/aromatic N) is 2. The number of nitrogen functional groups attached to an aromatic ring is 1. The summed E-state index contributed by atoms with van der Waals surface area (Å²) >= 11 is 0. The molecule has 3 nitrogen and oxygen atoms in total. The van der Waals surface area contributed by atoms with Crippen molar-refractivity contribution in [2.45, 2.75) is 26.7 Å². The van der Waals surface area contributed by atoms with Crippen LogP contribution in [0.1, 0.15) is 26.7 Å². The Morgan fingerprint density at radius 1 is 1.11 bits per heavy atom. The van der Waals surface area contributed by atoms with Crippen molar-refractivity contribution in [2.24, 2.45) is 0 Å². The summed E-state index contributed by atoms with van der Waals surface area (Å²) in [5, 5.41) is 2.20. The van der Waals surface area contributed by atoms with Crippen molar-refractivity contribution in [3.05, 3.63) is 30.6 Å². The quantitative estimate of drug-likeness (QED) is 0.818. The van der Waals surface area contributed by atoms with E-state index in [4.69, 9.17) is 5.73 Å². The van der Waals surface area contributed by atoms with Gasteiger partial charge in [-0.1, -0.05) is 19.9 Å². The third-order valence-electron chi connectivity index (χ3n) is 3.17. The normalized spacial score (nSPS) is 10.8. The first-order valence-electron chi connectivity index (χ1n) is 6.65. The first-order chi connectivity index (χ1) is 8.77. The SMILES string of the molecule is CCCN(CCC)c1ccc2cnccc2c1N. The van der Waals surface area contributed by atoms with E-state index in [1.54, 1.807) is 6.20 Å². The van der Waals surface area contributed by atoms with Gasteiger partial charge in [0.05, 0.1) is 11.4 Å². The number of nitrogens with two attached hydrogens (primary N) is 1. The van der Waals surface area contributed by atoms with Gasteiger partial charge >= 0.3 is 0 Å². The Morgan fingerprint density at radius 2 is 1.83 bits per heavy atom. The van der Waals surface area contributed by atoms with Crippen molar-refractivity contribution in [3.8, 4) is 0 Å². The number of fused-ring (bicyclic) bond motifs is 1. The number of rotatable bonds is 5. The van der Waals surface area contributed by atoms with Crippen LogP contribution >= 0.6 is 0 Å². The molecule has 0 spiro atoms. The highest BCUT2D eigenvalue weighted by molar-refractivity contribution is 5.98. The minimum absolute atomic E-state index is 0.872. The predicted octanol–water partition coefficient (Wildman–Crippen LogP) is 3.44. The minimum Gasteiger partial charge on any atom is -0.397 e.